The van der Waals surface area contributed by atoms with E-state index in [0.29, 0.717) is 4.57 Å². The van der Waals surface area contributed by atoms with Gasteiger partial charge >= 0.3 is 5.69 Å². The molecule has 0 aliphatic rings. The zero-order chi connectivity index (χ0) is 13.4. The molecule has 0 amide bonds. The largest absolute Gasteiger partial charge is 0.334 e. The normalized spacial score (nSPS) is 10.7. The second-order valence-electron chi connectivity index (χ2n) is 3.33. The lowest BCUT2D eigenvalue weighted by Crippen LogP contribution is -2.35. The van der Waals surface area contributed by atoms with Gasteiger partial charge in [0.2, 0.25) is 5.82 Å². The van der Waals surface area contributed by atoms with Crippen molar-refractivity contribution in [1.29, 1.82) is 0 Å². The monoisotopic (exact) mass is 308 g/mol. The number of halogens is 4. The number of nitrogens with one attached hydrogen (secondary N) is 1. The van der Waals surface area contributed by atoms with Crippen LogP contribution >= 0.6 is 34.8 Å². The van der Waals surface area contributed by atoms with Crippen molar-refractivity contribution in [2.75, 3.05) is 0 Å². The molecule has 0 saturated heterocycles. The molecular formula is C10H4Cl3FN2O2. The van der Waals surface area contributed by atoms with E-state index in [1.54, 1.807) is 0 Å². The summed E-state index contributed by atoms with van der Waals surface area (Å²) in [7, 11) is 0. The minimum Gasteiger partial charge on any atom is -0.295 e. The van der Waals surface area contributed by atoms with Crippen LogP contribution in [-0.2, 0) is 0 Å². The van der Waals surface area contributed by atoms with Crippen molar-refractivity contribution in [3.8, 4) is 5.69 Å². The van der Waals surface area contributed by atoms with E-state index < -0.39 is 22.2 Å². The van der Waals surface area contributed by atoms with E-state index in [1.807, 2.05) is 4.98 Å². The number of H-pyrrole nitrogens is 1. The van der Waals surface area contributed by atoms with E-state index >= 15 is 0 Å². The van der Waals surface area contributed by atoms with Crippen LogP contribution in [0.2, 0.25) is 15.2 Å². The highest BCUT2D eigenvalue weighted by molar-refractivity contribution is 6.34. The smallest absolute Gasteiger partial charge is 0.295 e. The molecule has 0 aliphatic carbocycles. The van der Waals surface area contributed by atoms with Gasteiger partial charge in [0.25, 0.3) is 5.56 Å². The fourth-order valence-electron chi connectivity index (χ4n) is 1.39. The van der Waals surface area contributed by atoms with Gasteiger partial charge < -0.3 is 0 Å². The molecular weight excluding hydrogens is 305 g/mol. The lowest BCUT2D eigenvalue weighted by Gasteiger charge is -2.06. The third kappa shape index (κ3) is 2.29. The highest BCUT2D eigenvalue weighted by Crippen LogP contribution is 2.20. The number of aromatic amines is 1. The summed E-state index contributed by atoms with van der Waals surface area (Å²) in [6, 6.07) is 4.02. The highest BCUT2D eigenvalue weighted by Gasteiger charge is 2.14. The zero-order valence-corrected chi connectivity index (χ0v) is 10.8. The molecule has 2 rings (SSSR count). The van der Waals surface area contributed by atoms with Crippen molar-refractivity contribution in [2.24, 2.45) is 0 Å². The lowest BCUT2D eigenvalue weighted by molar-refractivity contribution is 0.584. The van der Waals surface area contributed by atoms with Gasteiger partial charge in [-0.3, -0.25) is 9.78 Å². The van der Waals surface area contributed by atoms with Gasteiger partial charge in [-0.15, -0.1) is 0 Å². The Morgan fingerprint density at radius 2 is 1.61 bits per heavy atom. The minimum atomic E-state index is -1.26. The number of benzene rings is 1. The molecule has 1 aromatic heterocycles. The molecule has 18 heavy (non-hydrogen) atoms. The fourth-order valence-corrected chi connectivity index (χ4v) is 2.07. The van der Waals surface area contributed by atoms with Crippen molar-refractivity contribution < 1.29 is 4.39 Å². The number of hydrogen-bond donors (Lipinski definition) is 1. The van der Waals surface area contributed by atoms with Gasteiger partial charge in [-0.1, -0.05) is 34.8 Å². The molecule has 4 nitrogen and oxygen atoms in total. The average molecular weight is 310 g/mol. The first-order chi connectivity index (χ1) is 8.40. The third-order valence-corrected chi connectivity index (χ3v) is 2.81. The SMILES string of the molecule is O=c1[nH]c(Cl)c(F)c(=O)n1-c1cc(Cl)cc(Cl)c1. The predicted octanol–water partition coefficient (Wildman–Crippen LogP) is 2.63. The molecule has 1 N–H and O–H groups in total. The Bertz CT molecular complexity index is 719. The summed E-state index contributed by atoms with van der Waals surface area (Å²) < 4.78 is 13.9. The van der Waals surface area contributed by atoms with Crippen LogP contribution in [0.5, 0.6) is 0 Å². The maximum absolute atomic E-state index is 13.4. The van der Waals surface area contributed by atoms with Crippen LogP contribution in [0.25, 0.3) is 5.69 Å². The molecule has 0 spiro atoms. The molecule has 8 heteroatoms. The van der Waals surface area contributed by atoms with Crippen molar-refractivity contribution in [1.82, 2.24) is 9.55 Å². The van der Waals surface area contributed by atoms with Crippen molar-refractivity contribution >= 4 is 34.8 Å². The number of nitrogens with zero attached hydrogens (tertiary/aromatic N) is 1. The summed E-state index contributed by atoms with van der Waals surface area (Å²) in [5.41, 5.74) is -2.01. The van der Waals surface area contributed by atoms with Crippen LogP contribution in [0.15, 0.2) is 27.8 Å². The van der Waals surface area contributed by atoms with Gasteiger partial charge in [-0.2, -0.15) is 4.39 Å². The Morgan fingerprint density at radius 3 is 2.17 bits per heavy atom. The van der Waals surface area contributed by atoms with E-state index in [1.165, 1.54) is 18.2 Å². The summed E-state index contributed by atoms with van der Waals surface area (Å²) in [5, 5.41) is -0.229. The molecule has 1 heterocycles. The van der Waals surface area contributed by atoms with Gasteiger partial charge in [0.1, 0.15) is 0 Å². The summed E-state index contributed by atoms with van der Waals surface area (Å²) in [6.07, 6.45) is 0. The van der Waals surface area contributed by atoms with E-state index in [9.17, 15) is 14.0 Å². The number of aromatic nitrogens is 2. The quantitative estimate of drug-likeness (QED) is 0.823. The Hall–Kier alpha value is -1.30. The first-order valence-corrected chi connectivity index (χ1v) is 5.70. The summed E-state index contributed by atoms with van der Waals surface area (Å²) in [4.78, 5) is 25.2. The Labute approximate surface area is 115 Å². The van der Waals surface area contributed by atoms with Crippen LogP contribution in [-0.4, -0.2) is 9.55 Å². The molecule has 94 valence electrons. The second kappa shape index (κ2) is 4.76. The van der Waals surface area contributed by atoms with E-state index in [2.05, 4.69) is 0 Å². The van der Waals surface area contributed by atoms with Crippen LogP contribution < -0.4 is 11.2 Å². The van der Waals surface area contributed by atoms with Crippen LogP contribution in [0.4, 0.5) is 4.39 Å². The number of hydrogen-bond acceptors (Lipinski definition) is 2. The Kier molecular flexibility index (Phi) is 3.47. The summed E-state index contributed by atoms with van der Waals surface area (Å²) in [5.74, 6) is -1.26. The van der Waals surface area contributed by atoms with Crippen molar-refractivity contribution in [3.63, 3.8) is 0 Å². The lowest BCUT2D eigenvalue weighted by atomic mass is 10.3. The summed E-state index contributed by atoms with van der Waals surface area (Å²) in [6.45, 7) is 0. The van der Waals surface area contributed by atoms with Crippen LogP contribution in [0, 0.1) is 5.82 Å². The van der Waals surface area contributed by atoms with Crippen molar-refractivity contribution in [2.45, 2.75) is 0 Å². The molecule has 0 aliphatic heterocycles. The van der Waals surface area contributed by atoms with E-state index in [-0.39, 0.29) is 15.7 Å². The molecule has 0 bridgehead atoms. The molecule has 1 aromatic carbocycles. The predicted molar refractivity (Wildman–Crippen MR) is 67.6 cm³/mol. The van der Waals surface area contributed by atoms with Crippen LogP contribution in [0.1, 0.15) is 0 Å². The standard InChI is InChI=1S/C10H4Cl3FN2O2/c11-4-1-5(12)3-6(2-4)16-9(17)7(14)8(13)15-10(16)18/h1-3H,(H,15,18). The Morgan fingerprint density at radius 1 is 1.06 bits per heavy atom. The fraction of sp³-hybridized carbons (Fsp3) is 0. The molecule has 2 aromatic rings. The molecule has 0 saturated carbocycles. The minimum absolute atomic E-state index is 0.0503. The average Bonchev–Trinajstić information content (AvgIpc) is 2.24. The zero-order valence-electron chi connectivity index (χ0n) is 8.51. The topological polar surface area (TPSA) is 54.9 Å². The van der Waals surface area contributed by atoms with Crippen molar-refractivity contribution in [3.05, 3.63) is 60.1 Å². The van der Waals surface area contributed by atoms with Crippen LogP contribution in [0.3, 0.4) is 0 Å². The first kappa shape index (κ1) is 13.1. The first-order valence-electron chi connectivity index (χ1n) is 4.57. The third-order valence-electron chi connectivity index (χ3n) is 2.11. The maximum Gasteiger partial charge on any atom is 0.334 e. The number of rotatable bonds is 1. The molecule has 0 radical (unpaired) electrons. The Balaban J connectivity index is 2.84. The van der Waals surface area contributed by atoms with E-state index in [4.69, 9.17) is 34.8 Å². The van der Waals surface area contributed by atoms with Gasteiger partial charge in [-0.05, 0) is 18.2 Å². The molecule has 0 unspecified atom stereocenters. The van der Waals surface area contributed by atoms with Gasteiger partial charge in [-0.25, -0.2) is 9.36 Å². The maximum atomic E-state index is 13.4. The van der Waals surface area contributed by atoms with Gasteiger partial charge in [0, 0.05) is 10.0 Å². The van der Waals surface area contributed by atoms with Gasteiger partial charge in [0.15, 0.2) is 5.15 Å². The molecule has 0 fully saturated rings. The highest BCUT2D eigenvalue weighted by atomic mass is 35.5. The molecule has 0 atom stereocenters. The summed E-state index contributed by atoms with van der Waals surface area (Å²) >= 11 is 16.8. The van der Waals surface area contributed by atoms with E-state index in [0.717, 1.165) is 0 Å². The van der Waals surface area contributed by atoms with Gasteiger partial charge in [0.05, 0.1) is 5.69 Å². The second-order valence-corrected chi connectivity index (χ2v) is 4.58.